The van der Waals surface area contributed by atoms with Crippen molar-refractivity contribution in [3.63, 3.8) is 0 Å². The normalized spacial score (nSPS) is 34.8. The molecule has 1 aliphatic heterocycles. The fraction of sp³-hybridized carbons (Fsp3) is 0.600. The van der Waals surface area contributed by atoms with Gasteiger partial charge in [-0.15, -0.1) is 0 Å². The maximum absolute atomic E-state index is 13.3. The standard InChI is InChI=1S/C20H26N2O2/c23-18-9-8-17(13-21-18)22-19(24)20(11-14-4-2-1-3-5-14)12-15-6-7-16(20)10-15/h1-5,15-17H,6-13H2,(H,21,23)(H,22,24). The highest BCUT2D eigenvalue weighted by molar-refractivity contribution is 5.85. The Morgan fingerprint density at radius 2 is 2.04 bits per heavy atom. The summed E-state index contributed by atoms with van der Waals surface area (Å²) in [5.74, 6) is 1.55. The second-order valence-electron chi connectivity index (χ2n) is 7.91. The van der Waals surface area contributed by atoms with E-state index in [1.54, 1.807) is 0 Å². The Hall–Kier alpha value is -1.84. The summed E-state index contributed by atoms with van der Waals surface area (Å²) in [6, 6.07) is 10.5. The van der Waals surface area contributed by atoms with Crippen LogP contribution in [0.5, 0.6) is 0 Å². The third-order valence-corrected chi connectivity index (χ3v) is 6.39. The smallest absolute Gasteiger partial charge is 0.227 e. The van der Waals surface area contributed by atoms with Crippen LogP contribution >= 0.6 is 0 Å². The van der Waals surface area contributed by atoms with E-state index in [1.807, 2.05) is 6.07 Å². The highest BCUT2D eigenvalue weighted by atomic mass is 16.2. The van der Waals surface area contributed by atoms with Crippen LogP contribution in [0, 0.1) is 17.3 Å². The fourth-order valence-corrected chi connectivity index (χ4v) is 5.16. The van der Waals surface area contributed by atoms with Crippen molar-refractivity contribution >= 4 is 11.8 Å². The number of hydrogen-bond acceptors (Lipinski definition) is 2. The molecule has 0 radical (unpaired) electrons. The number of carbonyl (C=O) groups excluding carboxylic acids is 2. The Morgan fingerprint density at radius 1 is 1.21 bits per heavy atom. The van der Waals surface area contributed by atoms with Crippen molar-refractivity contribution in [2.75, 3.05) is 6.54 Å². The second-order valence-corrected chi connectivity index (χ2v) is 7.91. The van der Waals surface area contributed by atoms with Gasteiger partial charge in [0, 0.05) is 19.0 Å². The van der Waals surface area contributed by atoms with E-state index in [9.17, 15) is 9.59 Å². The van der Waals surface area contributed by atoms with Crippen molar-refractivity contribution in [1.82, 2.24) is 10.6 Å². The van der Waals surface area contributed by atoms with Crippen molar-refractivity contribution in [3.8, 4) is 0 Å². The summed E-state index contributed by atoms with van der Waals surface area (Å²) in [6.45, 7) is 0.570. The van der Waals surface area contributed by atoms with Crippen molar-refractivity contribution in [2.24, 2.45) is 17.3 Å². The number of piperidine rings is 1. The highest BCUT2D eigenvalue weighted by Crippen LogP contribution is 2.57. The minimum absolute atomic E-state index is 0.0852. The van der Waals surface area contributed by atoms with Gasteiger partial charge >= 0.3 is 0 Å². The Morgan fingerprint density at radius 3 is 2.67 bits per heavy atom. The first kappa shape index (κ1) is 15.7. The topological polar surface area (TPSA) is 58.2 Å². The number of fused-ring (bicyclic) bond motifs is 2. The van der Waals surface area contributed by atoms with Crippen LogP contribution in [0.4, 0.5) is 0 Å². The van der Waals surface area contributed by atoms with E-state index in [2.05, 4.69) is 34.9 Å². The van der Waals surface area contributed by atoms with E-state index in [0.29, 0.717) is 18.9 Å². The molecule has 3 fully saturated rings. The van der Waals surface area contributed by atoms with Crippen LogP contribution in [0.2, 0.25) is 0 Å². The number of nitrogens with one attached hydrogen (secondary N) is 2. The predicted octanol–water partition coefficient (Wildman–Crippen LogP) is 2.43. The summed E-state index contributed by atoms with van der Waals surface area (Å²) in [5, 5.41) is 6.14. The molecule has 0 aromatic heterocycles. The molecule has 4 rings (SSSR count). The van der Waals surface area contributed by atoms with Crippen LogP contribution in [0.3, 0.4) is 0 Å². The lowest BCUT2D eigenvalue weighted by Crippen LogP contribution is -2.54. The molecule has 128 valence electrons. The zero-order chi connectivity index (χ0) is 16.6. The van der Waals surface area contributed by atoms with E-state index in [4.69, 9.17) is 0 Å². The van der Waals surface area contributed by atoms with E-state index >= 15 is 0 Å². The van der Waals surface area contributed by atoms with Crippen LogP contribution < -0.4 is 10.6 Å². The first-order chi connectivity index (χ1) is 11.7. The number of rotatable bonds is 4. The molecular formula is C20H26N2O2. The first-order valence-corrected chi connectivity index (χ1v) is 9.27. The van der Waals surface area contributed by atoms with Gasteiger partial charge in [0.05, 0.1) is 5.41 Å². The number of hydrogen-bond donors (Lipinski definition) is 2. The predicted molar refractivity (Wildman–Crippen MR) is 92.2 cm³/mol. The number of amides is 2. The Labute approximate surface area is 143 Å². The molecule has 2 saturated carbocycles. The van der Waals surface area contributed by atoms with Crippen LogP contribution in [-0.4, -0.2) is 24.4 Å². The van der Waals surface area contributed by atoms with Crippen LogP contribution in [-0.2, 0) is 16.0 Å². The lowest BCUT2D eigenvalue weighted by atomic mass is 9.68. The lowest BCUT2D eigenvalue weighted by Gasteiger charge is -2.38. The molecular weight excluding hydrogens is 300 g/mol. The van der Waals surface area contributed by atoms with Crippen molar-refractivity contribution < 1.29 is 9.59 Å². The van der Waals surface area contributed by atoms with Gasteiger partial charge in [-0.25, -0.2) is 0 Å². The molecule has 1 heterocycles. The Kier molecular flexibility index (Phi) is 4.07. The molecule has 1 saturated heterocycles. The summed E-state index contributed by atoms with van der Waals surface area (Å²) in [4.78, 5) is 24.6. The van der Waals surface area contributed by atoms with Crippen molar-refractivity contribution in [3.05, 3.63) is 35.9 Å². The van der Waals surface area contributed by atoms with E-state index in [-0.39, 0.29) is 23.3 Å². The monoisotopic (exact) mass is 326 g/mol. The second kappa shape index (κ2) is 6.23. The molecule has 24 heavy (non-hydrogen) atoms. The highest BCUT2D eigenvalue weighted by Gasteiger charge is 2.55. The number of carbonyl (C=O) groups is 2. The average Bonchev–Trinajstić information content (AvgIpc) is 3.19. The molecule has 2 amide bonds. The Bertz CT molecular complexity index is 620. The van der Waals surface area contributed by atoms with Gasteiger partial charge < -0.3 is 10.6 Å². The summed E-state index contributed by atoms with van der Waals surface area (Å²) in [7, 11) is 0. The number of benzene rings is 1. The molecule has 4 atom stereocenters. The largest absolute Gasteiger partial charge is 0.354 e. The van der Waals surface area contributed by atoms with Gasteiger partial charge in [0.1, 0.15) is 0 Å². The Balaban J connectivity index is 1.52. The van der Waals surface area contributed by atoms with Gasteiger partial charge in [-0.2, -0.15) is 0 Å². The maximum Gasteiger partial charge on any atom is 0.227 e. The van der Waals surface area contributed by atoms with Gasteiger partial charge in [-0.1, -0.05) is 36.8 Å². The van der Waals surface area contributed by atoms with E-state index in [1.165, 1.54) is 24.8 Å². The van der Waals surface area contributed by atoms with Crippen LogP contribution in [0.15, 0.2) is 30.3 Å². The van der Waals surface area contributed by atoms with Gasteiger partial charge in [0.15, 0.2) is 0 Å². The van der Waals surface area contributed by atoms with E-state index in [0.717, 1.165) is 25.2 Å². The van der Waals surface area contributed by atoms with Gasteiger partial charge in [-0.3, -0.25) is 9.59 Å². The molecule has 3 aliphatic rings. The molecule has 4 heteroatoms. The van der Waals surface area contributed by atoms with Gasteiger partial charge in [0.2, 0.25) is 11.8 Å². The van der Waals surface area contributed by atoms with Crippen LogP contribution in [0.25, 0.3) is 0 Å². The summed E-state index contributed by atoms with van der Waals surface area (Å²) in [5.41, 5.74) is 1.02. The minimum Gasteiger partial charge on any atom is -0.354 e. The molecule has 1 aromatic carbocycles. The molecule has 2 aliphatic carbocycles. The average molecular weight is 326 g/mol. The third-order valence-electron chi connectivity index (χ3n) is 6.39. The summed E-state index contributed by atoms with van der Waals surface area (Å²) in [6.07, 6.45) is 6.83. The summed E-state index contributed by atoms with van der Waals surface area (Å²) >= 11 is 0. The minimum atomic E-state index is -0.244. The van der Waals surface area contributed by atoms with E-state index < -0.39 is 0 Å². The molecule has 4 nitrogen and oxygen atoms in total. The molecule has 1 aromatic rings. The lowest BCUT2D eigenvalue weighted by molar-refractivity contribution is -0.136. The molecule has 2 N–H and O–H groups in total. The van der Waals surface area contributed by atoms with Crippen LogP contribution in [0.1, 0.15) is 44.1 Å². The molecule has 0 spiro atoms. The fourth-order valence-electron chi connectivity index (χ4n) is 5.16. The van der Waals surface area contributed by atoms with Gasteiger partial charge in [-0.05, 0) is 49.5 Å². The zero-order valence-corrected chi connectivity index (χ0v) is 14.1. The molecule has 2 bridgehead atoms. The SMILES string of the molecule is O=C1CCC(NC(=O)C2(Cc3ccccc3)CC3CCC2C3)CN1. The third kappa shape index (κ3) is 2.83. The quantitative estimate of drug-likeness (QED) is 0.893. The maximum atomic E-state index is 13.3. The zero-order valence-electron chi connectivity index (χ0n) is 14.1. The summed E-state index contributed by atoms with van der Waals surface area (Å²) < 4.78 is 0. The van der Waals surface area contributed by atoms with Gasteiger partial charge in [0.25, 0.3) is 0 Å². The molecule has 4 unspecified atom stereocenters. The first-order valence-electron chi connectivity index (χ1n) is 9.27. The van der Waals surface area contributed by atoms with Crippen molar-refractivity contribution in [1.29, 1.82) is 0 Å². The van der Waals surface area contributed by atoms with Crippen molar-refractivity contribution in [2.45, 2.75) is 51.0 Å².